The van der Waals surface area contributed by atoms with E-state index >= 15 is 0 Å². The highest BCUT2D eigenvalue weighted by molar-refractivity contribution is 6.27. The highest BCUT2D eigenvalue weighted by Crippen LogP contribution is 1.98. The number of hydrogen-bond acceptors (Lipinski definition) is 3. The van der Waals surface area contributed by atoms with Crippen LogP contribution in [0.1, 0.15) is 5.56 Å². The second-order valence-corrected chi connectivity index (χ2v) is 2.37. The van der Waals surface area contributed by atoms with Gasteiger partial charge in [0, 0.05) is 6.42 Å². The molecule has 0 aliphatic heterocycles. The molecule has 1 rings (SSSR count). The van der Waals surface area contributed by atoms with E-state index in [0.717, 1.165) is 11.8 Å². The van der Waals surface area contributed by atoms with Gasteiger partial charge in [-0.2, -0.15) is 0 Å². The molecule has 0 saturated carbocycles. The first-order valence-electron chi connectivity index (χ1n) is 3.57. The van der Waals surface area contributed by atoms with Crippen LogP contribution < -0.4 is 0 Å². The molecule has 0 saturated heterocycles. The van der Waals surface area contributed by atoms with Gasteiger partial charge in [0.2, 0.25) is 0 Å². The fraction of sp³-hybridized carbons (Fsp3) is 0.111. The van der Waals surface area contributed by atoms with Crippen molar-refractivity contribution in [2.24, 2.45) is 5.16 Å². The normalized spacial score (nSPS) is 9.54. The Labute approximate surface area is 75.1 Å². The summed E-state index contributed by atoms with van der Waals surface area (Å²) in [4.78, 5) is 10.9. The predicted molar refractivity (Wildman–Crippen MR) is 47.9 cm³/mol. The van der Waals surface area contributed by atoms with Crippen LogP contribution in [0.15, 0.2) is 35.5 Å². The summed E-state index contributed by atoms with van der Waals surface area (Å²) in [5.74, 6) is -0.205. The van der Waals surface area contributed by atoms with Crippen LogP contribution in [0.2, 0.25) is 0 Å². The van der Waals surface area contributed by atoms with E-state index < -0.39 is 0 Å². The number of carbonyl (C=O) groups excluding carboxylic acids is 1. The minimum atomic E-state index is -0.205. The molecule has 1 N–H and O–H groups in total. The van der Waals surface area contributed by atoms with Gasteiger partial charge in [-0.1, -0.05) is 35.5 Å². The molecular weight excluding hydrogens is 173 g/mol. The SMILES string of the molecule is F.O=C(/C=N/O)Cc1ccccc1. The average Bonchev–Trinajstić information content (AvgIpc) is 2.06. The summed E-state index contributed by atoms with van der Waals surface area (Å²) in [5, 5.41) is 10.7. The second-order valence-electron chi connectivity index (χ2n) is 2.37. The maximum Gasteiger partial charge on any atom is 0.181 e. The lowest BCUT2D eigenvalue weighted by molar-refractivity contribution is -0.112. The Bertz CT molecular complexity index is 285. The van der Waals surface area contributed by atoms with Gasteiger partial charge in [0.15, 0.2) is 5.78 Å². The fourth-order valence-corrected chi connectivity index (χ4v) is 0.907. The number of benzene rings is 1. The Kier molecular flexibility index (Phi) is 5.11. The van der Waals surface area contributed by atoms with Crippen LogP contribution in [0.25, 0.3) is 0 Å². The van der Waals surface area contributed by atoms with Gasteiger partial charge in [0.25, 0.3) is 0 Å². The lowest BCUT2D eigenvalue weighted by Crippen LogP contribution is -2.03. The average molecular weight is 183 g/mol. The molecule has 0 amide bonds. The Balaban J connectivity index is 0.00000144. The number of ketones is 1. The van der Waals surface area contributed by atoms with Gasteiger partial charge >= 0.3 is 0 Å². The number of carbonyl (C=O) groups is 1. The molecule has 0 aliphatic rings. The van der Waals surface area contributed by atoms with Crippen molar-refractivity contribution in [2.75, 3.05) is 0 Å². The van der Waals surface area contributed by atoms with Crippen LogP contribution >= 0.6 is 0 Å². The Hall–Kier alpha value is -1.71. The number of nitrogens with zero attached hydrogens (tertiary/aromatic N) is 1. The largest absolute Gasteiger partial charge is 0.411 e. The molecule has 13 heavy (non-hydrogen) atoms. The van der Waals surface area contributed by atoms with Crippen molar-refractivity contribution in [3.05, 3.63) is 35.9 Å². The highest BCUT2D eigenvalue weighted by atomic mass is 19.0. The zero-order valence-electron chi connectivity index (χ0n) is 6.88. The van der Waals surface area contributed by atoms with Crippen molar-refractivity contribution < 1.29 is 14.7 Å². The molecule has 0 atom stereocenters. The maximum absolute atomic E-state index is 10.9. The molecule has 0 aromatic heterocycles. The number of rotatable bonds is 3. The van der Waals surface area contributed by atoms with Gasteiger partial charge in [-0.25, -0.2) is 0 Å². The van der Waals surface area contributed by atoms with Gasteiger partial charge in [0.05, 0.1) is 0 Å². The first-order valence-corrected chi connectivity index (χ1v) is 3.57. The third-order valence-corrected chi connectivity index (χ3v) is 1.42. The van der Waals surface area contributed by atoms with Crippen LogP contribution in [-0.4, -0.2) is 17.2 Å². The van der Waals surface area contributed by atoms with Gasteiger partial charge < -0.3 is 5.21 Å². The molecule has 0 radical (unpaired) electrons. The molecule has 70 valence electrons. The molecule has 0 spiro atoms. The lowest BCUT2D eigenvalue weighted by atomic mass is 10.1. The zero-order valence-corrected chi connectivity index (χ0v) is 6.88. The summed E-state index contributed by atoms with van der Waals surface area (Å²) in [6, 6.07) is 9.30. The molecule has 0 bridgehead atoms. The van der Waals surface area contributed by atoms with Crippen LogP contribution in [0.4, 0.5) is 4.70 Å². The molecule has 0 aliphatic carbocycles. The summed E-state index contributed by atoms with van der Waals surface area (Å²) in [7, 11) is 0. The van der Waals surface area contributed by atoms with E-state index in [9.17, 15) is 4.79 Å². The summed E-state index contributed by atoms with van der Waals surface area (Å²) in [6.07, 6.45) is 1.19. The van der Waals surface area contributed by atoms with E-state index in [-0.39, 0.29) is 16.9 Å². The summed E-state index contributed by atoms with van der Waals surface area (Å²) >= 11 is 0. The third kappa shape index (κ3) is 4.00. The second kappa shape index (κ2) is 5.88. The van der Waals surface area contributed by atoms with Crippen molar-refractivity contribution in [2.45, 2.75) is 6.42 Å². The van der Waals surface area contributed by atoms with E-state index in [0.29, 0.717) is 0 Å². The Morgan fingerprint density at radius 3 is 2.54 bits per heavy atom. The molecule has 4 heteroatoms. The topological polar surface area (TPSA) is 49.7 Å². The molecule has 0 unspecified atom stereocenters. The molecule has 1 aromatic rings. The van der Waals surface area contributed by atoms with Crippen molar-refractivity contribution in [3.63, 3.8) is 0 Å². The Morgan fingerprint density at radius 2 is 2.00 bits per heavy atom. The minimum absolute atomic E-state index is 0. The van der Waals surface area contributed by atoms with Crippen LogP contribution in [-0.2, 0) is 11.2 Å². The van der Waals surface area contributed by atoms with Crippen molar-refractivity contribution in [1.29, 1.82) is 0 Å². The van der Waals surface area contributed by atoms with Crippen LogP contribution in [0.5, 0.6) is 0 Å². The number of halogens is 1. The summed E-state index contributed by atoms with van der Waals surface area (Å²) in [6.45, 7) is 0. The van der Waals surface area contributed by atoms with Gasteiger partial charge in [-0.15, -0.1) is 0 Å². The predicted octanol–water partition coefficient (Wildman–Crippen LogP) is 1.41. The van der Waals surface area contributed by atoms with Crippen molar-refractivity contribution >= 4 is 12.0 Å². The van der Waals surface area contributed by atoms with E-state index in [1.807, 2.05) is 30.3 Å². The third-order valence-electron chi connectivity index (χ3n) is 1.42. The first kappa shape index (κ1) is 11.3. The van der Waals surface area contributed by atoms with Crippen molar-refractivity contribution in [1.82, 2.24) is 0 Å². The fourth-order valence-electron chi connectivity index (χ4n) is 0.907. The number of Topliss-reactive ketones (excluding diaryl/α,β-unsaturated/α-hetero) is 1. The minimum Gasteiger partial charge on any atom is -0.411 e. The van der Waals surface area contributed by atoms with Gasteiger partial charge in [-0.05, 0) is 5.56 Å². The number of oxime groups is 1. The summed E-state index contributed by atoms with van der Waals surface area (Å²) < 4.78 is 0. The van der Waals surface area contributed by atoms with E-state index in [4.69, 9.17) is 5.21 Å². The standard InChI is InChI=1S/C9H9NO2.FH/c11-9(7-10-12)6-8-4-2-1-3-5-8;/h1-5,7,12H,6H2;1H/b10-7+;. The lowest BCUT2D eigenvalue weighted by Gasteiger charge is -1.94. The molecule has 3 nitrogen and oxygen atoms in total. The quantitative estimate of drug-likeness (QED) is 0.437. The van der Waals surface area contributed by atoms with E-state index in [2.05, 4.69) is 5.16 Å². The molecule has 0 fully saturated rings. The monoisotopic (exact) mass is 183 g/mol. The maximum atomic E-state index is 10.9. The zero-order chi connectivity index (χ0) is 8.81. The first-order chi connectivity index (χ1) is 5.83. The summed E-state index contributed by atoms with van der Waals surface area (Å²) in [5.41, 5.74) is 0.919. The van der Waals surface area contributed by atoms with E-state index in [1.165, 1.54) is 0 Å². The van der Waals surface area contributed by atoms with Crippen molar-refractivity contribution in [3.8, 4) is 0 Å². The van der Waals surface area contributed by atoms with Crippen LogP contribution in [0.3, 0.4) is 0 Å². The number of hydrogen-bond donors (Lipinski definition) is 1. The molecule has 0 heterocycles. The smallest absolute Gasteiger partial charge is 0.181 e. The Morgan fingerprint density at radius 1 is 1.38 bits per heavy atom. The molecular formula is C9H10FNO2. The van der Waals surface area contributed by atoms with E-state index in [1.54, 1.807) is 0 Å². The van der Waals surface area contributed by atoms with Crippen LogP contribution in [0, 0.1) is 0 Å². The molecule has 1 aromatic carbocycles. The van der Waals surface area contributed by atoms with Gasteiger partial charge in [0.1, 0.15) is 6.21 Å². The highest BCUT2D eigenvalue weighted by Gasteiger charge is 1.98. The van der Waals surface area contributed by atoms with Gasteiger partial charge in [-0.3, -0.25) is 9.50 Å².